The van der Waals surface area contributed by atoms with Crippen LogP contribution in [-0.4, -0.2) is 117 Å². The quantitative estimate of drug-likeness (QED) is 0.0925. The fraction of sp³-hybridized carbons (Fsp3) is 0.818. The molecule has 0 fully saturated rings. The molecule has 0 saturated carbocycles. The molecule has 0 spiro atoms. The molecule has 0 aliphatic rings. The summed E-state index contributed by atoms with van der Waals surface area (Å²) >= 11 is 0. The second-order valence-electron chi connectivity index (χ2n) is 10.2. The van der Waals surface area contributed by atoms with Gasteiger partial charge < -0.3 is 4.74 Å². The Morgan fingerprint density at radius 1 is 0.647 bits per heavy atom. The Morgan fingerprint density at radius 3 is 1.00 bits per heavy atom. The van der Waals surface area contributed by atoms with Crippen molar-refractivity contribution in [2.75, 3.05) is 44.1 Å². The maximum atomic E-state index is 11.4. The molecule has 0 N–H and O–H groups in total. The molecule has 0 aliphatic heterocycles. The van der Waals surface area contributed by atoms with Crippen molar-refractivity contribution < 1.29 is 94.8 Å². The molecule has 0 aromatic rings. The minimum atomic E-state index is -6.85. The first-order chi connectivity index (χ1) is 21.6. The Kier molecular flexibility index (Phi) is 29.5. The van der Waals surface area contributed by atoms with Crippen LogP contribution < -0.4 is 0 Å². The molecular weight excluding hydrogens is 862 g/mol. The lowest BCUT2D eigenvalue weighted by Crippen LogP contribution is -2.34. The third-order valence-electron chi connectivity index (χ3n) is 3.00. The van der Waals surface area contributed by atoms with Gasteiger partial charge in [-0.2, -0.15) is 43.2 Å². The maximum Gasteiger partial charge on any atom is 0.524 e. The molecule has 0 aliphatic carbocycles. The van der Waals surface area contributed by atoms with Crippen molar-refractivity contribution in [2.24, 2.45) is 17.8 Å². The molecule has 310 valence electrons. The number of sulfone groups is 3. The number of halogens is 7. The van der Waals surface area contributed by atoms with Crippen LogP contribution in [0.2, 0.25) is 0 Å². The number of ether oxygens (including phenoxy) is 1. The van der Waals surface area contributed by atoms with Gasteiger partial charge in [0.2, 0.25) is 18.9 Å². The number of esters is 1. The molecule has 0 unspecified atom stereocenters. The SMILES string of the molecule is CC(C)C#CS(C)(=O)=O.CC(C)C(=O)CS(C)(=O)=O.COC(=O)C(C)C.CS(=O)(=O)Cl.CS(C)(=O)=O.O=S(=O)(OS(=O)(=O)C(F)(F)F)C(F)(F)F. The summed E-state index contributed by atoms with van der Waals surface area (Å²) in [6, 6.07) is 0. The lowest BCUT2D eigenvalue weighted by molar-refractivity contribution is -0.144. The number of rotatable bonds is 6. The van der Waals surface area contributed by atoms with E-state index in [1.54, 1.807) is 27.7 Å². The lowest BCUT2D eigenvalue weighted by atomic mass is 10.1. The highest BCUT2D eigenvalue weighted by molar-refractivity contribution is 8.13. The maximum absolute atomic E-state index is 11.4. The first-order valence-corrected chi connectivity index (χ1v) is 24.3. The summed E-state index contributed by atoms with van der Waals surface area (Å²) in [5, 5.41) is 2.14. The molecule has 0 heterocycles. The van der Waals surface area contributed by atoms with Gasteiger partial charge >= 0.3 is 37.2 Å². The van der Waals surface area contributed by atoms with Crippen molar-refractivity contribution in [3.63, 3.8) is 0 Å². The monoisotopic (exact) mass is 902 g/mol. The number of carbonyl (C=O) groups excluding carboxylic acids is 2. The number of ketones is 1. The van der Waals surface area contributed by atoms with Crippen LogP contribution in [-0.2, 0) is 76.8 Å². The van der Waals surface area contributed by atoms with Crippen LogP contribution in [0, 0.1) is 28.9 Å². The van der Waals surface area contributed by atoms with E-state index >= 15 is 0 Å². The molecule has 0 aromatic carbocycles. The molecule has 0 atom stereocenters. The Hall–Kier alpha value is -1.77. The van der Waals surface area contributed by atoms with Crippen LogP contribution in [0.25, 0.3) is 0 Å². The summed E-state index contributed by atoms with van der Waals surface area (Å²) in [5.74, 6) is 1.79. The molecule has 0 saturated heterocycles. The highest BCUT2D eigenvalue weighted by atomic mass is 35.7. The number of hydrogen-bond donors (Lipinski definition) is 0. The van der Waals surface area contributed by atoms with Crippen molar-refractivity contribution in [3.8, 4) is 11.2 Å². The van der Waals surface area contributed by atoms with E-state index in [1.165, 1.54) is 7.11 Å². The van der Waals surface area contributed by atoms with E-state index in [0.717, 1.165) is 31.3 Å². The van der Waals surface area contributed by atoms with Gasteiger partial charge in [0, 0.05) is 46.5 Å². The van der Waals surface area contributed by atoms with Crippen molar-refractivity contribution >= 4 is 81.2 Å². The molecule has 29 heteroatoms. The summed E-state index contributed by atoms with van der Waals surface area (Å²) in [5.41, 5.74) is -12.5. The summed E-state index contributed by atoms with van der Waals surface area (Å²) in [7, 11) is -19.9. The molecule has 0 rings (SSSR count). The zero-order chi connectivity index (χ0) is 43.4. The van der Waals surface area contributed by atoms with Gasteiger partial charge in [0.25, 0.3) is 0 Å². The van der Waals surface area contributed by atoms with Gasteiger partial charge in [-0.25, -0.2) is 33.7 Å². The topological polar surface area (TPSA) is 257 Å². The zero-order valence-corrected chi connectivity index (χ0v) is 34.7. The minimum Gasteiger partial charge on any atom is -0.469 e. The second kappa shape index (κ2) is 24.5. The Labute approximate surface area is 300 Å². The van der Waals surface area contributed by atoms with Crippen molar-refractivity contribution in [1.82, 2.24) is 0 Å². The van der Waals surface area contributed by atoms with Gasteiger partial charge in [0.1, 0.15) is 21.4 Å². The summed E-state index contributed by atoms with van der Waals surface area (Å²) in [4.78, 5) is 21.1. The molecular formula is C22H41ClF6O16S6. The summed E-state index contributed by atoms with van der Waals surface area (Å²) in [6.07, 6.45) is 5.41. The first-order valence-electron chi connectivity index (χ1n) is 12.5. The average molecular weight is 903 g/mol. The zero-order valence-electron chi connectivity index (χ0n) is 29.1. The lowest BCUT2D eigenvalue weighted by Gasteiger charge is -2.09. The summed E-state index contributed by atoms with van der Waals surface area (Å²) in [6.45, 7) is 10.7. The molecule has 16 nitrogen and oxygen atoms in total. The Bertz CT molecular complexity index is 1720. The highest BCUT2D eigenvalue weighted by Gasteiger charge is 2.57. The molecule has 0 amide bonds. The number of hydrogen-bond acceptors (Lipinski definition) is 16. The first kappa shape index (κ1) is 61.3. The van der Waals surface area contributed by atoms with E-state index in [-0.39, 0.29) is 35.3 Å². The predicted molar refractivity (Wildman–Crippen MR) is 176 cm³/mol. The minimum absolute atomic E-state index is 0.00463. The van der Waals surface area contributed by atoms with Crippen LogP contribution in [0.3, 0.4) is 0 Å². The average Bonchev–Trinajstić information content (AvgIpc) is 2.77. The number of Topliss-reactive ketones (excluding diaryl/α,β-unsaturated/α-hetero) is 1. The molecule has 0 aromatic heterocycles. The predicted octanol–water partition coefficient (Wildman–Crippen LogP) is 2.27. The van der Waals surface area contributed by atoms with E-state index in [0.29, 0.717) is 0 Å². The van der Waals surface area contributed by atoms with Crippen molar-refractivity contribution in [3.05, 3.63) is 0 Å². The van der Waals surface area contributed by atoms with E-state index in [1.807, 2.05) is 17.5 Å². The second-order valence-corrected chi connectivity index (χ2v) is 22.7. The third-order valence-corrected chi connectivity index (χ3v) is 6.86. The van der Waals surface area contributed by atoms with Crippen LogP contribution in [0.1, 0.15) is 41.5 Å². The Balaban J connectivity index is -0.000000125. The van der Waals surface area contributed by atoms with Crippen molar-refractivity contribution in [1.29, 1.82) is 0 Å². The number of carbonyl (C=O) groups is 2. The third kappa shape index (κ3) is 55.2. The van der Waals surface area contributed by atoms with Gasteiger partial charge in [-0.05, 0) is 0 Å². The van der Waals surface area contributed by atoms with E-state index < -0.39 is 69.8 Å². The van der Waals surface area contributed by atoms with Gasteiger partial charge in [0.15, 0.2) is 9.84 Å². The number of alkyl halides is 6. The van der Waals surface area contributed by atoms with E-state index in [2.05, 4.69) is 26.6 Å². The van der Waals surface area contributed by atoms with Crippen LogP contribution in [0.5, 0.6) is 0 Å². The standard InChI is InChI=1S/C6H12O3S.C6H10O2S.C5H10O2.C2F6O5S2.C2H6O2S.CH3ClO2S/c1-5(2)6(7)4-10(3,8)9;1-6(2)4-5-9(3,7)8;1-4(2)5(6)7-3;3-1(4,5)14(9,10)13-15(11,12)2(6,7)8;2*1-5(2,3)4/h5H,4H2,1-3H3;6H,1-3H3;4H,1-3H3;;1-2H3;1H3. The van der Waals surface area contributed by atoms with Gasteiger partial charge in [-0.3, -0.25) is 9.59 Å². The summed E-state index contributed by atoms with van der Waals surface area (Å²) < 4.78 is 194. The fourth-order valence-electron chi connectivity index (χ4n) is 1.08. The Morgan fingerprint density at radius 2 is 0.922 bits per heavy atom. The smallest absolute Gasteiger partial charge is 0.469 e. The highest BCUT2D eigenvalue weighted by Crippen LogP contribution is 2.32. The molecule has 0 radical (unpaired) electrons. The van der Waals surface area contributed by atoms with Gasteiger partial charge in [-0.1, -0.05) is 47.5 Å². The normalized spacial score (nSPS) is 12.3. The van der Waals surface area contributed by atoms with Gasteiger partial charge in [-0.15, -0.1) is 3.63 Å². The van der Waals surface area contributed by atoms with Crippen molar-refractivity contribution in [2.45, 2.75) is 52.6 Å². The van der Waals surface area contributed by atoms with Crippen LogP contribution >= 0.6 is 10.7 Å². The van der Waals surface area contributed by atoms with Crippen LogP contribution in [0.15, 0.2) is 0 Å². The van der Waals surface area contributed by atoms with E-state index in [4.69, 9.17) is 0 Å². The molecule has 0 bridgehead atoms. The van der Waals surface area contributed by atoms with E-state index in [9.17, 15) is 86.4 Å². The number of methoxy groups -OCH3 is 1. The fourth-order valence-corrected chi connectivity index (χ4v) is 3.94. The molecule has 51 heavy (non-hydrogen) atoms. The largest absolute Gasteiger partial charge is 0.524 e. The van der Waals surface area contributed by atoms with Gasteiger partial charge in [0.05, 0.1) is 25.5 Å². The van der Waals surface area contributed by atoms with Crippen LogP contribution in [0.4, 0.5) is 26.3 Å².